The number of aliphatic hydroxyl groups is 1. The molecule has 166 valence electrons. The molecule has 1 atom stereocenters. The number of hydrogen-bond donors (Lipinski definition) is 2. The van der Waals surface area contributed by atoms with Crippen molar-refractivity contribution in [1.29, 1.82) is 0 Å². The number of halogens is 3. The van der Waals surface area contributed by atoms with Gasteiger partial charge in [-0.15, -0.1) is 0 Å². The summed E-state index contributed by atoms with van der Waals surface area (Å²) in [5.41, 5.74) is 2.08. The molecule has 0 aliphatic heterocycles. The zero-order chi connectivity index (χ0) is 23.2. The Hall–Kier alpha value is -3.98. The number of rotatable bonds is 4. The molecule has 5 aromatic rings. The fraction of sp³-hybridized carbons (Fsp3) is 0.125. The standard InChI is InChI=1S/C24H17F3N4O2/c25-24(26,27)13-31-20-10-15(6-8-17(20)21-18(23(31)33)12-29-30-21)19-9-7-16(11-28-19)22(32)14-4-2-1-3-5-14/h1-12,22,32H,13H2,(H,29,30). The molecule has 3 aromatic heterocycles. The first kappa shape index (κ1) is 20.9. The monoisotopic (exact) mass is 450 g/mol. The molecule has 0 amide bonds. The third-order valence-corrected chi connectivity index (χ3v) is 5.52. The minimum atomic E-state index is -4.57. The SMILES string of the molecule is O=c1c2cn[nH]c2c2ccc(-c3ccc(C(O)c4ccccc4)cn3)cc2n1CC(F)(F)F. The molecule has 0 radical (unpaired) electrons. The van der Waals surface area contributed by atoms with E-state index in [2.05, 4.69) is 15.2 Å². The number of H-pyrrole nitrogens is 1. The summed E-state index contributed by atoms with van der Waals surface area (Å²) in [4.78, 5) is 17.1. The summed E-state index contributed by atoms with van der Waals surface area (Å²) < 4.78 is 40.4. The van der Waals surface area contributed by atoms with E-state index < -0.39 is 24.4 Å². The highest BCUT2D eigenvalue weighted by Gasteiger charge is 2.30. The second-order valence-electron chi connectivity index (χ2n) is 7.69. The number of aromatic amines is 1. The lowest BCUT2D eigenvalue weighted by Crippen LogP contribution is -2.28. The Labute approximate surface area is 185 Å². The zero-order valence-corrected chi connectivity index (χ0v) is 17.0. The van der Waals surface area contributed by atoms with Crippen LogP contribution in [0.15, 0.2) is 77.9 Å². The number of pyridine rings is 2. The average Bonchev–Trinajstić information content (AvgIpc) is 3.31. The van der Waals surface area contributed by atoms with Crippen LogP contribution in [0.5, 0.6) is 0 Å². The van der Waals surface area contributed by atoms with Crippen LogP contribution in [0, 0.1) is 0 Å². The van der Waals surface area contributed by atoms with Gasteiger partial charge < -0.3 is 5.11 Å². The molecule has 2 N–H and O–H groups in total. The minimum absolute atomic E-state index is 0.0943. The predicted molar refractivity (Wildman–Crippen MR) is 118 cm³/mol. The highest BCUT2D eigenvalue weighted by molar-refractivity contribution is 6.04. The molecule has 0 aliphatic carbocycles. The second-order valence-corrected chi connectivity index (χ2v) is 7.69. The Morgan fingerprint density at radius 3 is 2.45 bits per heavy atom. The van der Waals surface area contributed by atoms with Crippen molar-refractivity contribution >= 4 is 21.8 Å². The van der Waals surface area contributed by atoms with Crippen LogP contribution in [-0.2, 0) is 6.54 Å². The molecule has 1 unspecified atom stereocenters. The van der Waals surface area contributed by atoms with E-state index in [-0.39, 0.29) is 10.9 Å². The third-order valence-electron chi connectivity index (χ3n) is 5.52. The fourth-order valence-electron chi connectivity index (χ4n) is 3.94. The normalized spacial score (nSPS) is 13.0. The van der Waals surface area contributed by atoms with Gasteiger partial charge in [-0.25, -0.2) is 0 Å². The largest absolute Gasteiger partial charge is 0.406 e. The van der Waals surface area contributed by atoms with Gasteiger partial charge in [-0.2, -0.15) is 18.3 Å². The highest BCUT2D eigenvalue weighted by Crippen LogP contribution is 2.29. The van der Waals surface area contributed by atoms with Crippen LogP contribution >= 0.6 is 0 Å². The smallest absolute Gasteiger partial charge is 0.384 e. The van der Waals surface area contributed by atoms with Gasteiger partial charge in [-0.05, 0) is 17.7 Å². The van der Waals surface area contributed by atoms with Crippen molar-refractivity contribution in [2.75, 3.05) is 0 Å². The topological polar surface area (TPSA) is 83.8 Å². The number of nitrogens with one attached hydrogen (secondary N) is 1. The highest BCUT2D eigenvalue weighted by atomic mass is 19.4. The molecular weight excluding hydrogens is 433 g/mol. The Morgan fingerprint density at radius 2 is 1.76 bits per heavy atom. The molecule has 5 rings (SSSR count). The van der Waals surface area contributed by atoms with E-state index in [1.807, 2.05) is 18.2 Å². The maximum atomic E-state index is 13.2. The summed E-state index contributed by atoms with van der Waals surface area (Å²) in [7, 11) is 0. The number of aliphatic hydroxyl groups excluding tert-OH is 1. The first-order chi connectivity index (χ1) is 15.8. The molecule has 0 saturated heterocycles. The zero-order valence-electron chi connectivity index (χ0n) is 17.0. The number of benzene rings is 2. The summed E-state index contributed by atoms with van der Waals surface area (Å²) in [5, 5.41) is 17.6. The van der Waals surface area contributed by atoms with Crippen LogP contribution in [0.25, 0.3) is 33.1 Å². The predicted octanol–water partition coefficient (Wildman–Crippen LogP) is 4.58. The van der Waals surface area contributed by atoms with E-state index in [1.54, 1.807) is 36.4 Å². The van der Waals surface area contributed by atoms with Gasteiger partial charge in [0.2, 0.25) is 0 Å². The van der Waals surface area contributed by atoms with E-state index >= 15 is 0 Å². The lowest BCUT2D eigenvalue weighted by atomic mass is 10.0. The lowest BCUT2D eigenvalue weighted by Gasteiger charge is -2.15. The maximum absolute atomic E-state index is 13.2. The van der Waals surface area contributed by atoms with Gasteiger partial charge >= 0.3 is 6.18 Å². The molecule has 0 fully saturated rings. The van der Waals surface area contributed by atoms with Gasteiger partial charge in [0.15, 0.2) is 0 Å². The molecule has 0 aliphatic rings. The number of fused-ring (bicyclic) bond motifs is 3. The number of hydrogen-bond acceptors (Lipinski definition) is 4. The van der Waals surface area contributed by atoms with Gasteiger partial charge in [0, 0.05) is 22.7 Å². The molecular formula is C24H17F3N4O2. The molecule has 9 heteroatoms. The summed E-state index contributed by atoms with van der Waals surface area (Å²) in [5.74, 6) is 0. The fourth-order valence-corrected chi connectivity index (χ4v) is 3.94. The summed E-state index contributed by atoms with van der Waals surface area (Å²) >= 11 is 0. The lowest BCUT2D eigenvalue weighted by molar-refractivity contribution is -0.140. The number of aromatic nitrogens is 4. The van der Waals surface area contributed by atoms with Gasteiger partial charge in [0.1, 0.15) is 12.6 Å². The van der Waals surface area contributed by atoms with Crippen molar-refractivity contribution in [1.82, 2.24) is 19.7 Å². The van der Waals surface area contributed by atoms with E-state index in [1.165, 1.54) is 18.5 Å². The van der Waals surface area contributed by atoms with Crippen LogP contribution < -0.4 is 5.56 Å². The van der Waals surface area contributed by atoms with Gasteiger partial charge in [-0.1, -0.05) is 48.5 Å². The van der Waals surface area contributed by atoms with E-state index in [0.717, 1.165) is 5.56 Å². The number of nitrogens with zero attached hydrogens (tertiary/aromatic N) is 3. The van der Waals surface area contributed by atoms with Crippen LogP contribution in [-0.4, -0.2) is 31.0 Å². The number of alkyl halides is 3. The first-order valence-corrected chi connectivity index (χ1v) is 10.1. The van der Waals surface area contributed by atoms with Crippen molar-refractivity contribution in [2.45, 2.75) is 18.8 Å². The van der Waals surface area contributed by atoms with Crippen LogP contribution in [0.3, 0.4) is 0 Å². The minimum Gasteiger partial charge on any atom is -0.384 e. The van der Waals surface area contributed by atoms with Gasteiger partial charge in [0.25, 0.3) is 5.56 Å². The Kier molecular flexibility index (Phi) is 4.98. The molecule has 33 heavy (non-hydrogen) atoms. The molecule has 0 spiro atoms. The Morgan fingerprint density at radius 1 is 0.970 bits per heavy atom. The Bertz CT molecular complexity index is 1510. The molecule has 3 heterocycles. The molecule has 0 saturated carbocycles. The first-order valence-electron chi connectivity index (χ1n) is 10.1. The van der Waals surface area contributed by atoms with E-state index in [4.69, 9.17) is 0 Å². The molecule has 0 bridgehead atoms. The summed E-state index contributed by atoms with van der Waals surface area (Å²) in [6, 6.07) is 17.4. The summed E-state index contributed by atoms with van der Waals surface area (Å²) in [6.07, 6.45) is -2.67. The van der Waals surface area contributed by atoms with Crippen molar-refractivity contribution in [2.24, 2.45) is 0 Å². The van der Waals surface area contributed by atoms with Crippen LogP contribution in [0.1, 0.15) is 17.2 Å². The van der Waals surface area contributed by atoms with Crippen LogP contribution in [0.4, 0.5) is 13.2 Å². The van der Waals surface area contributed by atoms with Crippen molar-refractivity contribution in [3.63, 3.8) is 0 Å². The Balaban J connectivity index is 1.60. The summed E-state index contributed by atoms with van der Waals surface area (Å²) in [6.45, 7) is -1.41. The molecule has 6 nitrogen and oxygen atoms in total. The van der Waals surface area contributed by atoms with Crippen molar-refractivity contribution in [3.05, 3.63) is 94.5 Å². The van der Waals surface area contributed by atoms with Gasteiger partial charge in [0.05, 0.1) is 28.3 Å². The van der Waals surface area contributed by atoms with Crippen molar-refractivity contribution in [3.8, 4) is 11.3 Å². The van der Waals surface area contributed by atoms with Crippen molar-refractivity contribution < 1.29 is 18.3 Å². The van der Waals surface area contributed by atoms with E-state index in [0.29, 0.717) is 32.3 Å². The maximum Gasteiger partial charge on any atom is 0.406 e. The third kappa shape index (κ3) is 3.87. The quantitative estimate of drug-likeness (QED) is 0.420. The van der Waals surface area contributed by atoms with Gasteiger partial charge in [-0.3, -0.25) is 19.4 Å². The molecule has 2 aromatic carbocycles. The second kappa shape index (κ2) is 7.86. The average molecular weight is 450 g/mol. The van der Waals surface area contributed by atoms with E-state index in [9.17, 15) is 23.1 Å². The van der Waals surface area contributed by atoms with Crippen LogP contribution in [0.2, 0.25) is 0 Å².